The largest absolute Gasteiger partial charge is 0.446 e. The number of fused-ring (bicyclic) bond motifs is 3. The maximum absolute atomic E-state index is 13.8. The van der Waals surface area contributed by atoms with E-state index in [2.05, 4.69) is 68.6 Å². The van der Waals surface area contributed by atoms with Crippen LogP contribution in [0.25, 0.3) is 11.1 Å². The van der Waals surface area contributed by atoms with Crippen molar-refractivity contribution >= 4 is 17.8 Å². The normalized spacial score (nSPS) is 27.2. The summed E-state index contributed by atoms with van der Waals surface area (Å²) >= 11 is 0. The van der Waals surface area contributed by atoms with Gasteiger partial charge in [-0.05, 0) is 137 Å². The van der Waals surface area contributed by atoms with Gasteiger partial charge in [0.25, 0.3) is 0 Å². The summed E-state index contributed by atoms with van der Waals surface area (Å²) in [7, 11) is 0. The van der Waals surface area contributed by atoms with Gasteiger partial charge in [-0.3, -0.25) is 9.48 Å². The molecule has 5 aliphatic rings. The third kappa shape index (κ3) is 6.38. The molecule has 2 amide bonds. The van der Waals surface area contributed by atoms with Crippen LogP contribution in [0.2, 0.25) is 0 Å². The SMILES string of the molecule is Cc1ccc(C23CCC(Cc4c(-c5cnn(C(C)C)c5)ccnc4NC(=O)C4CCC(OC(=O)N5CC(O)C5)CC4)(CC2)CC3)cc1C. The molecule has 3 heterocycles. The highest BCUT2D eigenvalue weighted by atomic mass is 16.6. The van der Waals surface area contributed by atoms with Crippen LogP contribution in [-0.2, 0) is 21.4 Å². The van der Waals surface area contributed by atoms with E-state index in [0.717, 1.165) is 23.1 Å². The van der Waals surface area contributed by atoms with Crippen molar-refractivity contribution in [3.05, 3.63) is 65.1 Å². The Bertz CT molecular complexity index is 1640. The number of benzene rings is 1. The number of aliphatic hydroxyl groups excluding tert-OH is 1. The van der Waals surface area contributed by atoms with Crippen LogP contribution in [0.1, 0.15) is 106 Å². The van der Waals surface area contributed by atoms with Gasteiger partial charge in [0.1, 0.15) is 11.9 Å². The van der Waals surface area contributed by atoms with Gasteiger partial charge in [0.2, 0.25) is 5.91 Å². The molecule has 48 heavy (non-hydrogen) atoms. The van der Waals surface area contributed by atoms with E-state index in [9.17, 15) is 14.7 Å². The Balaban J connectivity index is 1.08. The van der Waals surface area contributed by atoms with Gasteiger partial charge >= 0.3 is 6.09 Å². The number of aliphatic hydroxyl groups is 1. The van der Waals surface area contributed by atoms with Crippen LogP contribution in [0.4, 0.5) is 10.6 Å². The minimum Gasteiger partial charge on any atom is -0.446 e. The number of amides is 2. The summed E-state index contributed by atoms with van der Waals surface area (Å²) in [6.45, 7) is 9.35. The number of hydrogen-bond donors (Lipinski definition) is 2. The number of carbonyl (C=O) groups excluding carboxylic acids is 2. The minimum absolute atomic E-state index is 0.00652. The van der Waals surface area contributed by atoms with E-state index < -0.39 is 6.10 Å². The molecule has 9 nitrogen and oxygen atoms in total. The molecular weight excluding hydrogens is 602 g/mol. The molecule has 1 aromatic carbocycles. The number of ether oxygens (including phenoxy) is 1. The number of rotatable bonds is 8. The average Bonchev–Trinajstić information content (AvgIpc) is 3.57. The summed E-state index contributed by atoms with van der Waals surface area (Å²) in [5, 5.41) is 17.4. The van der Waals surface area contributed by atoms with E-state index in [-0.39, 0.29) is 40.9 Å². The highest BCUT2D eigenvalue weighted by Crippen LogP contribution is 2.59. The van der Waals surface area contributed by atoms with E-state index in [1.807, 2.05) is 17.1 Å². The molecule has 2 aromatic heterocycles. The Morgan fingerprint density at radius 1 is 1.00 bits per heavy atom. The van der Waals surface area contributed by atoms with Crippen LogP contribution in [0.15, 0.2) is 42.9 Å². The fourth-order valence-electron chi connectivity index (χ4n) is 8.70. The van der Waals surface area contributed by atoms with E-state index >= 15 is 0 Å². The number of nitrogens with one attached hydrogen (secondary N) is 1. The summed E-state index contributed by atoms with van der Waals surface area (Å²) < 4.78 is 7.67. The first kappa shape index (κ1) is 32.8. The second kappa shape index (κ2) is 13.0. The molecule has 2 bridgehead atoms. The maximum Gasteiger partial charge on any atom is 0.410 e. The zero-order valence-electron chi connectivity index (χ0n) is 29.0. The first-order valence-electron chi connectivity index (χ1n) is 18.1. The van der Waals surface area contributed by atoms with Crippen molar-refractivity contribution in [1.29, 1.82) is 0 Å². The van der Waals surface area contributed by atoms with Crippen molar-refractivity contribution in [2.45, 2.75) is 122 Å². The predicted molar refractivity (Wildman–Crippen MR) is 186 cm³/mol. The van der Waals surface area contributed by atoms with Crippen molar-refractivity contribution in [1.82, 2.24) is 19.7 Å². The monoisotopic (exact) mass is 653 g/mol. The van der Waals surface area contributed by atoms with Gasteiger partial charge in [-0.15, -0.1) is 0 Å². The number of carbonyl (C=O) groups is 2. The lowest BCUT2D eigenvalue weighted by Crippen LogP contribution is -2.54. The lowest BCUT2D eigenvalue weighted by Gasteiger charge is -2.54. The number of likely N-dealkylation sites (tertiary alicyclic amines) is 1. The summed E-state index contributed by atoms with van der Waals surface area (Å²) in [5.74, 6) is 0.507. The first-order valence-corrected chi connectivity index (χ1v) is 18.1. The van der Waals surface area contributed by atoms with E-state index in [4.69, 9.17) is 9.72 Å². The molecule has 0 radical (unpaired) electrons. The molecule has 0 atom stereocenters. The van der Waals surface area contributed by atoms with E-state index in [1.165, 1.54) is 60.1 Å². The fraction of sp³-hybridized carbons (Fsp3) is 0.590. The summed E-state index contributed by atoms with van der Waals surface area (Å²) in [6, 6.07) is 9.44. The van der Waals surface area contributed by atoms with Crippen molar-refractivity contribution in [3.63, 3.8) is 0 Å². The Morgan fingerprint density at radius 3 is 2.33 bits per heavy atom. The second-order valence-corrected chi connectivity index (χ2v) is 15.7. The number of pyridine rings is 1. The molecule has 2 N–H and O–H groups in total. The molecule has 1 saturated heterocycles. The third-order valence-corrected chi connectivity index (χ3v) is 12.2. The van der Waals surface area contributed by atoms with Gasteiger partial charge in [-0.25, -0.2) is 9.78 Å². The Labute approximate surface area is 284 Å². The standard InChI is InChI=1S/C39H51N5O4/c1-25(2)44-22-29(21-41-44)33-11-18-40-35(42-36(46)28-6-9-32(10-7-28)48-37(47)43-23-31(45)24-43)34(33)20-38-12-15-39(16-13-38,17-14-38)30-8-5-26(3)27(4)19-30/h5,8,11,18-19,21-22,25,28,31-32,45H,6-7,9-10,12-17,20,23-24H2,1-4H3,(H,40,42,46). The topological polar surface area (TPSA) is 110 Å². The molecule has 5 fully saturated rings. The lowest BCUT2D eigenvalue weighted by atomic mass is 9.50. The van der Waals surface area contributed by atoms with Crippen LogP contribution >= 0.6 is 0 Å². The highest BCUT2D eigenvalue weighted by Gasteiger charge is 2.49. The number of β-amino-alcohol motifs (C(OH)–C–C–N with tert-alkyl or cyclic N) is 1. The zero-order valence-corrected chi connectivity index (χ0v) is 29.0. The maximum atomic E-state index is 13.8. The van der Waals surface area contributed by atoms with Crippen LogP contribution in [0, 0.1) is 25.2 Å². The van der Waals surface area contributed by atoms with Crippen LogP contribution in [0.5, 0.6) is 0 Å². The highest BCUT2D eigenvalue weighted by molar-refractivity contribution is 5.93. The second-order valence-electron chi connectivity index (χ2n) is 15.7. The van der Waals surface area contributed by atoms with Crippen molar-refractivity contribution in [3.8, 4) is 11.1 Å². The van der Waals surface area contributed by atoms with E-state index in [0.29, 0.717) is 44.6 Å². The van der Waals surface area contributed by atoms with Crippen molar-refractivity contribution in [2.24, 2.45) is 11.3 Å². The van der Waals surface area contributed by atoms with Gasteiger partial charge in [-0.1, -0.05) is 18.2 Å². The fourth-order valence-corrected chi connectivity index (χ4v) is 8.70. The zero-order chi connectivity index (χ0) is 33.6. The number of aryl methyl sites for hydroxylation is 2. The van der Waals surface area contributed by atoms with Gasteiger partial charge < -0.3 is 20.1 Å². The molecule has 4 saturated carbocycles. The third-order valence-electron chi connectivity index (χ3n) is 12.2. The molecule has 3 aromatic rings. The van der Waals surface area contributed by atoms with Crippen molar-refractivity contribution < 1.29 is 19.4 Å². The molecule has 0 unspecified atom stereocenters. The molecule has 9 heteroatoms. The van der Waals surface area contributed by atoms with Crippen LogP contribution in [0.3, 0.4) is 0 Å². The molecule has 1 aliphatic heterocycles. The summed E-state index contributed by atoms with van der Waals surface area (Å²) in [6.07, 6.45) is 15.5. The Kier molecular flexibility index (Phi) is 8.85. The number of aromatic nitrogens is 3. The van der Waals surface area contributed by atoms with Crippen LogP contribution < -0.4 is 5.32 Å². The van der Waals surface area contributed by atoms with Gasteiger partial charge in [0, 0.05) is 35.5 Å². The molecule has 256 valence electrons. The smallest absolute Gasteiger partial charge is 0.410 e. The number of nitrogens with zero attached hydrogens (tertiary/aromatic N) is 4. The van der Waals surface area contributed by atoms with Gasteiger partial charge in [0.15, 0.2) is 0 Å². The molecule has 0 spiro atoms. The van der Waals surface area contributed by atoms with Gasteiger partial charge in [0.05, 0.1) is 25.4 Å². The molecule has 4 aliphatic carbocycles. The number of anilines is 1. The Morgan fingerprint density at radius 2 is 1.71 bits per heavy atom. The quantitative estimate of drug-likeness (QED) is 0.264. The van der Waals surface area contributed by atoms with Crippen LogP contribution in [-0.4, -0.2) is 62.1 Å². The minimum atomic E-state index is -0.451. The predicted octanol–water partition coefficient (Wildman–Crippen LogP) is 7.29. The summed E-state index contributed by atoms with van der Waals surface area (Å²) in [4.78, 5) is 32.5. The first-order chi connectivity index (χ1) is 23.0. The van der Waals surface area contributed by atoms with Gasteiger partial charge in [-0.2, -0.15) is 5.10 Å². The Hall–Kier alpha value is -3.72. The van der Waals surface area contributed by atoms with E-state index in [1.54, 1.807) is 0 Å². The number of hydrogen-bond acceptors (Lipinski definition) is 6. The average molecular weight is 654 g/mol. The lowest BCUT2D eigenvalue weighted by molar-refractivity contribution is -0.121. The van der Waals surface area contributed by atoms with Crippen molar-refractivity contribution in [2.75, 3.05) is 18.4 Å². The summed E-state index contributed by atoms with van der Waals surface area (Å²) in [5.41, 5.74) is 7.99. The molecule has 8 rings (SSSR count). The molecular formula is C39H51N5O4.